The summed E-state index contributed by atoms with van der Waals surface area (Å²) in [5.74, 6) is 0.171. The van der Waals surface area contributed by atoms with Crippen molar-refractivity contribution in [3.63, 3.8) is 0 Å². The van der Waals surface area contributed by atoms with E-state index in [0.717, 1.165) is 41.6 Å². The normalized spacial score (nSPS) is 20.2. The van der Waals surface area contributed by atoms with Crippen LogP contribution in [-0.4, -0.2) is 39.3 Å². The van der Waals surface area contributed by atoms with Gasteiger partial charge in [0.05, 0.1) is 12.3 Å². The highest BCUT2D eigenvalue weighted by atomic mass is 16.6. The van der Waals surface area contributed by atoms with E-state index in [2.05, 4.69) is 23.8 Å². The molecule has 1 saturated carbocycles. The Kier molecular flexibility index (Phi) is 6.54. The van der Waals surface area contributed by atoms with Crippen molar-refractivity contribution in [2.45, 2.75) is 52.6 Å². The standard InChI is InChI=1S/C31H31N5O4/c1-18-12-14-22(15-13-18)27-33-28-24(30(37)39-26-19(2)8-7-9-20(26)3)25(32-4)29(36(28)34-27)40-31(38)35-17-16-21-10-5-6-11-23(21)35/h5-6,10-15,19-20,26H,7-9,16-17H2,1-3H3,(H,33,34). The number of rotatable bonds is 4. The van der Waals surface area contributed by atoms with Crippen molar-refractivity contribution in [3.05, 3.63) is 76.6 Å². The van der Waals surface area contributed by atoms with Crippen LogP contribution >= 0.6 is 0 Å². The molecular formula is C31H31N5O4. The van der Waals surface area contributed by atoms with Gasteiger partial charge in [0.2, 0.25) is 5.88 Å². The first-order chi connectivity index (χ1) is 19.4. The summed E-state index contributed by atoms with van der Waals surface area (Å²) in [5, 5.41) is 3.14. The molecule has 0 radical (unpaired) electrons. The number of aromatic amines is 1. The fraction of sp³-hybridized carbons (Fsp3) is 0.355. The summed E-state index contributed by atoms with van der Waals surface area (Å²) in [6, 6.07) is 15.4. The summed E-state index contributed by atoms with van der Waals surface area (Å²) in [5.41, 5.74) is 3.79. The number of ether oxygens (including phenoxy) is 2. The first-order valence-electron chi connectivity index (χ1n) is 13.7. The van der Waals surface area contributed by atoms with Crippen LogP contribution in [0.15, 0.2) is 48.5 Å². The molecule has 4 aromatic rings. The van der Waals surface area contributed by atoms with Crippen LogP contribution in [0, 0.1) is 25.3 Å². The van der Waals surface area contributed by atoms with Crippen molar-refractivity contribution in [3.8, 4) is 17.3 Å². The molecule has 2 aliphatic rings. The number of aromatic nitrogens is 3. The van der Waals surface area contributed by atoms with E-state index in [1.807, 2.05) is 55.5 Å². The molecule has 0 saturated heterocycles. The number of nitrogens with zero attached hydrogens (tertiary/aromatic N) is 4. The van der Waals surface area contributed by atoms with Crippen molar-refractivity contribution in [2.75, 3.05) is 11.4 Å². The van der Waals surface area contributed by atoms with Crippen LogP contribution in [0.25, 0.3) is 21.9 Å². The van der Waals surface area contributed by atoms with Crippen LogP contribution in [0.5, 0.6) is 5.88 Å². The Labute approximate surface area is 232 Å². The molecule has 0 bridgehead atoms. The largest absolute Gasteiger partial charge is 0.459 e. The van der Waals surface area contributed by atoms with Crippen LogP contribution in [0.3, 0.4) is 0 Å². The second-order valence-electron chi connectivity index (χ2n) is 10.9. The molecule has 9 heteroatoms. The first kappa shape index (κ1) is 25.7. The number of benzene rings is 2. The summed E-state index contributed by atoms with van der Waals surface area (Å²) in [4.78, 5) is 37.0. The molecule has 1 amide bonds. The highest BCUT2D eigenvalue weighted by Gasteiger charge is 2.36. The minimum atomic E-state index is -0.634. The first-order valence-corrected chi connectivity index (χ1v) is 13.7. The Bertz CT molecular complexity index is 1630. The summed E-state index contributed by atoms with van der Waals surface area (Å²) in [6.45, 7) is 14.6. The number of hydrogen-bond donors (Lipinski definition) is 1. The molecule has 9 nitrogen and oxygen atoms in total. The van der Waals surface area contributed by atoms with Crippen molar-refractivity contribution >= 4 is 29.1 Å². The van der Waals surface area contributed by atoms with Gasteiger partial charge in [0.25, 0.3) is 5.69 Å². The predicted molar refractivity (Wildman–Crippen MR) is 151 cm³/mol. The number of carbonyl (C=O) groups excluding carboxylic acids is 2. The Balaban J connectivity index is 1.42. The number of hydrogen-bond acceptors (Lipinski definition) is 5. The molecular weight excluding hydrogens is 506 g/mol. The van der Waals surface area contributed by atoms with Crippen molar-refractivity contribution in [2.24, 2.45) is 11.8 Å². The fourth-order valence-electron chi connectivity index (χ4n) is 5.93. The fourth-order valence-corrected chi connectivity index (χ4v) is 5.93. The Morgan fingerprint density at radius 3 is 2.52 bits per heavy atom. The van der Waals surface area contributed by atoms with Crippen LogP contribution in [0.4, 0.5) is 16.2 Å². The van der Waals surface area contributed by atoms with E-state index >= 15 is 0 Å². The molecule has 3 heterocycles. The Hall–Kier alpha value is -4.58. The number of fused-ring (bicyclic) bond motifs is 2. The number of esters is 1. The van der Waals surface area contributed by atoms with Gasteiger partial charge in [0.15, 0.2) is 11.5 Å². The third-order valence-corrected chi connectivity index (χ3v) is 8.13. The van der Waals surface area contributed by atoms with Crippen LogP contribution < -0.4 is 9.64 Å². The lowest BCUT2D eigenvalue weighted by Gasteiger charge is -2.33. The van der Waals surface area contributed by atoms with E-state index < -0.39 is 12.1 Å². The maximum Gasteiger partial charge on any atom is 0.420 e. The lowest BCUT2D eigenvalue weighted by molar-refractivity contribution is -0.0159. The molecule has 2 aromatic heterocycles. The van der Waals surface area contributed by atoms with Gasteiger partial charge >= 0.3 is 12.1 Å². The molecule has 0 spiro atoms. The summed E-state index contributed by atoms with van der Waals surface area (Å²) in [7, 11) is 0. The summed E-state index contributed by atoms with van der Waals surface area (Å²) >= 11 is 0. The van der Waals surface area contributed by atoms with Gasteiger partial charge in [0.1, 0.15) is 11.7 Å². The van der Waals surface area contributed by atoms with E-state index in [-0.39, 0.29) is 40.7 Å². The van der Waals surface area contributed by atoms with Gasteiger partial charge in [-0.15, -0.1) is 0 Å². The van der Waals surface area contributed by atoms with Crippen LogP contribution in [0.2, 0.25) is 0 Å². The van der Waals surface area contributed by atoms with Gasteiger partial charge in [-0.05, 0) is 49.7 Å². The van der Waals surface area contributed by atoms with E-state index in [1.54, 1.807) is 4.90 Å². The molecule has 204 valence electrons. The zero-order valence-electron chi connectivity index (χ0n) is 22.8. The monoisotopic (exact) mass is 537 g/mol. The quantitative estimate of drug-likeness (QED) is 0.230. The van der Waals surface area contributed by atoms with E-state index in [1.165, 1.54) is 4.52 Å². The molecule has 1 N–H and O–H groups in total. The minimum absolute atomic E-state index is 0.000734. The third kappa shape index (κ3) is 4.39. The highest BCUT2D eigenvalue weighted by molar-refractivity contribution is 6.05. The second kappa shape index (κ2) is 10.2. The Morgan fingerprint density at radius 1 is 1.07 bits per heavy atom. The molecule has 6 rings (SSSR count). The summed E-state index contributed by atoms with van der Waals surface area (Å²) in [6.07, 6.45) is 2.86. The lowest BCUT2D eigenvalue weighted by Crippen LogP contribution is -2.34. The van der Waals surface area contributed by atoms with Gasteiger partial charge in [-0.2, -0.15) is 0 Å². The minimum Gasteiger partial charge on any atom is -0.459 e. The average molecular weight is 538 g/mol. The number of nitrogens with one attached hydrogen (secondary N) is 1. The lowest BCUT2D eigenvalue weighted by atomic mass is 9.80. The topological polar surface area (TPSA) is 93.3 Å². The SMILES string of the molecule is [C-]#[N+]c1c(C(=O)OC2C(C)CCCC2C)c2nc(-c3ccc(C)cc3)[nH]n2c1OC(=O)N1CCc2ccccc21. The van der Waals surface area contributed by atoms with Crippen LogP contribution in [0.1, 0.15) is 54.6 Å². The zero-order chi connectivity index (χ0) is 28.0. The molecule has 2 atom stereocenters. The number of anilines is 1. The summed E-state index contributed by atoms with van der Waals surface area (Å²) < 4.78 is 13.3. The zero-order valence-corrected chi connectivity index (χ0v) is 22.8. The maximum atomic E-state index is 13.7. The van der Waals surface area contributed by atoms with Gasteiger partial charge in [-0.1, -0.05) is 68.3 Å². The maximum absolute atomic E-state index is 13.7. The van der Waals surface area contributed by atoms with Gasteiger partial charge in [-0.25, -0.2) is 23.9 Å². The van der Waals surface area contributed by atoms with E-state index in [0.29, 0.717) is 18.8 Å². The number of para-hydroxylation sites is 1. The molecule has 1 fully saturated rings. The number of carbonyl (C=O) groups is 2. The van der Waals surface area contributed by atoms with E-state index in [9.17, 15) is 9.59 Å². The van der Waals surface area contributed by atoms with Crippen molar-refractivity contribution in [1.29, 1.82) is 0 Å². The Morgan fingerprint density at radius 2 is 1.80 bits per heavy atom. The van der Waals surface area contributed by atoms with Crippen molar-refractivity contribution < 1.29 is 19.1 Å². The molecule has 1 aliphatic heterocycles. The average Bonchev–Trinajstić information content (AvgIpc) is 3.64. The molecule has 40 heavy (non-hydrogen) atoms. The number of H-pyrrole nitrogens is 1. The van der Waals surface area contributed by atoms with Gasteiger partial charge in [0, 0.05) is 12.1 Å². The van der Waals surface area contributed by atoms with Gasteiger partial charge < -0.3 is 9.47 Å². The van der Waals surface area contributed by atoms with Crippen LogP contribution in [-0.2, 0) is 11.2 Å². The third-order valence-electron chi connectivity index (χ3n) is 8.13. The molecule has 1 aliphatic carbocycles. The van der Waals surface area contributed by atoms with Gasteiger partial charge in [-0.3, -0.25) is 10.00 Å². The smallest absolute Gasteiger partial charge is 0.420 e. The molecule has 2 aromatic carbocycles. The second-order valence-corrected chi connectivity index (χ2v) is 10.9. The van der Waals surface area contributed by atoms with E-state index in [4.69, 9.17) is 21.0 Å². The molecule has 2 unspecified atom stereocenters. The van der Waals surface area contributed by atoms with Crippen molar-refractivity contribution in [1.82, 2.24) is 14.6 Å². The highest BCUT2D eigenvalue weighted by Crippen LogP contribution is 2.41. The predicted octanol–water partition coefficient (Wildman–Crippen LogP) is 6.73. The number of amides is 1. The number of aryl methyl sites for hydroxylation is 1.